The van der Waals surface area contributed by atoms with Crippen LogP contribution < -0.4 is 18.9 Å². The zero-order valence-corrected chi connectivity index (χ0v) is 77.3. The SMILES string of the molecule is C=C(C)C(=O)OCCOC(=O)c1cc(C(=O)OC(COC(=O)C(=C)C)COc2ccc(C(C)(C)c3ccc(OCC(COC(=O)C(=C)C)OC(=O)c4cc(C(=O)OC(COC(=O)C(=C)C)COc5ccc(C(C)(C)c6ccc(OCC(COC(=O)C(=C)C)OC(=O)c7cc(C(=O)OCCOC(=O)C(=C)C)c(C(=O)O)cc7C(=O)O)cc6)cc5)c(C(=O)O)cc4C(=O)O)cc3)cc2)c(C(=O)O)cc1C(=O)O. The van der Waals surface area contributed by atoms with Gasteiger partial charge < -0.3 is 106 Å². The summed E-state index contributed by atoms with van der Waals surface area (Å²) in [6.45, 7) is 29.1. The van der Waals surface area contributed by atoms with Crippen LogP contribution in [0, 0.1) is 0 Å². The van der Waals surface area contributed by atoms with E-state index >= 15 is 0 Å². The van der Waals surface area contributed by atoms with Gasteiger partial charge >= 0.3 is 107 Å². The molecule has 4 unspecified atom stereocenters. The van der Waals surface area contributed by atoms with Crippen molar-refractivity contribution >= 4 is 107 Å². The summed E-state index contributed by atoms with van der Waals surface area (Å²) >= 11 is 0. The van der Waals surface area contributed by atoms with E-state index in [2.05, 4.69) is 39.5 Å². The lowest BCUT2D eigenvalue weighted by Crippen LogP contribution is -2.33. The maximum absolute atomic E-state index is 14.4. The van der Waals surface area contributed by atoms with Crippen LogP contribution in [-0.2, 0) is 96.4 Å². The van der Waals surface area contributed by atoms with Gasteiger partial charge in [0.15, 0.2) is 24.4 Å². The fourth-order valence-electron chi connectivity index (χ4n) is 12.3. The third-order valence-corrected chi connectivity index (χ3v) is 20.1. The fourth-order valence-corrected chi connectivity index (χ4v) is 12.3. The highest BCUT2D eigenvalue weighted by molar-refractivity contribution is 6.13. The number of hydrogen-bond acceptors (Lipinski definition) is 34. The average molecular weight is 1940 g/mol. The zero-order chi connectivity index (χ0) is 104. The zero-order valence-electron chi connectivity index (χ0n) is 77.3. The summed E-state index contributed by atoms with van der Waals surface area (Å²) in [4.78, 5) is 232. The highest BCUT2D eigenvalue weighted by Crippen LogP contribution is 2.37. The smallest absolute Gasteiger partial charge is 0.339 e. The van der Waals surface area contributed by atoms with Gasteiger partial charge in [-0.1, -0.05) is 116 Å². The van der Waals surface area contributed by atoms with Crippen LogP contribution in [0.15, 0.2) is 206 Å². The van der Waals surface area contributed by atoms with E-state index in [1.807, 2.05) is 27.7 Å². The molecule has 0 aliphatic rings. The van der Waals surface area contributed by atoms with E-state index in [9.17, 15) is 117 Å². The minimum absolute atomic E-state index is 0.0295. The summed E-state index contributed by atoms with van der Waals surface area (Å²) in [6, 6.07) is 29.2. The first-order valence-corrected chi connectivity index (χ1v) is 41.8. The number of esters is 12. The number of rotatable bonds is 52. The summed E-state index contributed by atoms with van der Waals surface area (Å²) in [7, 11) is 0. The molecular formula is C100H98O40. The van der Waals surface area contributed by atoms with Crippen molar-refractivity contribution in [3.05, 3.63) is 295 Å². The predicted octanol–water partition coefficient (Wildman–Crippen LogP) is 12.0. The van der Waals surface area contributed by atoms with Crippen molar-refractivity contribution in [3.8, 4) is 23.0 Å². The molecule has 7 aromatic carbocycles. The first kappa shape index (κ1) is 110. The molecule has 0 aliphatic heterocycles. The number of benzene rings is 7. The Morgan fingerprint density at radius 2 is 0.386 bits per heavy atom. The quantitative estimate of drug-likeness (QED) is 0.00892. The van der Waals surface area contributed by atoms with Crippen LogP contribution in [-0.4, -0.2) is 242 Å². The van der Waals surface area contributed by atoms with Crippen LogP contribution >= 0.6 is 0 Å². The van der Waals surface area contributed by atoms with Gasteiger partial charge in [0.1, 0.15) is 102 Å². The van der Waals surface area contributed by atoms with E-state index in [0.29, 0.717) is 58.7 Å². The second-order valence-electron chi connectivity index (χ2n) is 32.0. The summed E-state index contributed by atoms with van der Waals surface area (Å²) in [5, 5.41) is 60.9. The number of hydrogen-bond donors (Lipinski definition) is 6. The summed E-state index contributed by atoms with van der Waals surface area (Å²) in [5.41, 5.74) is -9.65. The Bertz CT molecular complexity index is 5700. The van der Waals surface area contributed by atoms with Crippen molar-refractivity contribution in [2.75, 3.05) is 79.3 Å². The van der Waals surface area contributed by atoms with E-state index in [1.54, 1.807) is 72.8 Å². The second-order valence-corrected chi connectivity index (χ2v) is 32.0. The van der Waals surface area contributed by atoms with Gasteiger partial charge in [0.2, 0.25) is 0 Å². The molecule has 140 heavy (non-hydrogen) atoms. The average Bonchev–Trinajstić information content (AvgIpc) is 0.770. The molecule has 0 saturated carbocycles. The van der Waals surface area contributed by atoms with Crippen molar-refractivity contribution < 1.29 is 193 Å². The summed E-state index contributed by atoms with van der Waals surface area (Å²) < 4.78 is 87.5. The van der Waals surface area contributed by atoms with Crippen LogP contribution in [0.3, 0.4) is 0 Å². The summed E-state index contributed by atoms with van der Waals surface area (Å²) in [6.07, 6.45) is -6.19. The minimum Gasteiger partial charge on any atom is -0.490 e. The normalized spacial score (nSPS) is 11.7. The van der Waals surface area contributed by atoms with Gasteiger partial charge in [0.05, 0.1) is 66.8 Å². The van der Waals surface area contributed by atoms with Crippen molar-refractivity contribution in [2.24, 2.45) is 0 Å². The van der Waals surface area contributed by atoms with Gasteiger partial charge in [-0.15, -0.1) is 0 Å². The molecule has 40 heteroatoms. The molecule has 0 fully saturated rings. The van der Waals surface area contributed by atoms with E-state index in [1.165, 1.54) is 65.8 Å². The standard InChI is InChI=1S/C100H98O40/c1-51(2)87(113)125-33-35-127-93(119)75-40-77(71(83(105)106)37-69(75)81(101)102)95(121)137-65(47-133-89(115)53(5)6)43-129-61-25-17-57(18-26-61)99(13,14)59-21-29-63(30-22-59)131-45-67(49-135-91(117)55(9)10)139-97(123)79-42-80(74(86(111)112)39-73(79)85(109)110)98(124)140-68(50-136-92(118)56(11)12)46-132-64-31-23-60(24-32-64)100(15,16)58-19-27-62(28-20-58)130-44-66(48-134-90(116)54(7)8)138-96(122)78-41-76(70(82(103)104)38-72(78)84(107)108)94(120)128-36-34-126-88(114)52(3)4/h17-32,37-42,65-68H,1,3,5,7,9,11,33-36,43-50H2,2,4,6,8,10,12-16H3,(H,101,102)(H,103,104)(H,105,106)(H,107,108)(H,109,110)(H,111,112). The third-order valence-electron chi connectivity index (χ3n) is 20.1. The van der Waals surface area contributed by atoms with Gasteiger partial charge in [-0.25, -0.2) is 86.3 Å². The molecule has 0 heterocycles. The molecular weight excluding hydrogens is 1840 g/mol. The molecule has 6 N–H and O–H groups in total. The second kappa shape index (κ2) is 49.7. The maximum Gasteiger partial charge on any atom is 0.339 e. The molecule has 0 aromatic heterocycles. The number of carbonyl (C=O) groups is 18. The van der Waals surface area contributed by atoms with Gasteiger partial charge in [0.25, 0.3) is 0 Å². The minimum atomic E-state index is -1.87. The molecule has 40 nitrogen and oxygen atoms in total. The largest absolute Gasteiger partial charge is 0.490 e. The Morgan fingerprint density at radius 3 is 0.557 bits per heavy atom. The van der Waals surface area contributed by atoms with Crippen molar-refractivity contribution in [1.82, 2.24) is 0 Å². The Kier molecular flexibility index (Phi) is 39.0. The van der Waals surface area contributed by atoms with Gasteiger partial charge in [-0.2, -0.15) is 0 Å². The number of ether oxygens (including phenoxy) is 16. The molecule has 4 atom stereocenters. The highest BCUT2D eigenvalue weighted by Gasteiger charge is 2.36. The molecule has 0 radical (unpaired) electrons. The Balaban J connectivity index is 1.04. The van der Waals surface area contributed by atoms with Crippen LogP contribution in [0.25, 0.3) is 0 Å². The molecule has 0 amide bonds. The highest BCUT2D eigenvalue weighted by atomic mass is 16.6. The molecule has 0 aliphatic carbocycles. The van der Waals surface area contributed by atoms with Gasteiger partial charge in [0, 0.05) is 44.3 Å². The lowest BCUT2D eigenvalue weighted by molar-refractivity contribution is -0.143. The van der Waals surface area contributed by atoms with E-state index in [0.717, 1.165) is 0 Å². The first-order chi connectivity index (χ1) is 65.8. The Hall–Kier alpha value is -17.4. The number of aromatic carboxylic acids is 6. The van der Waals surface area contributed by atoms with Crippen LogP contribution in [0.1, 0.15) is 216 Å². The predicted molar refractivity (Wildman–Crippen MR) is 485 cm³/mol. The van der Waals surface area contributed by atoms with E-state index < -0.39 is 289 Å². The Labute approximate surface area is 798 Å². The molecule has 7 aromatic rings. The van der Waals surface area contributed by atoms with E-state index in [-0.39, 0.29) is 56.4 Å². The van der Waals surface area contributed by atoms with Crippen LogP contribution in [0.5, 0.6) is 23.0 Å². The topological polar surface area (TPSA) is 576 Å². The van der Waals surface area contributed by atoms with Crippen molar-refractivity contribution in [1.29, 1.82) is 0 Å². The summed E-state index contributed by atoms with van der Waals surface area (Å²) in [5.74, 6) is -24.2. The van der Waals surface area contributed by atoms with Crippen LogP contribution in [0.2, 0.25) is 0 Å². The molecule has 0 bridgehead atoms. The molecule has 0 saturated heterocycles. The van der Waals surface area contributed by atoms with Crippen molar-refractivity contribution in [3.63, 3.8) is 0 Å². The number of carboxylic acids is 6. The number of carbonyl (C=O) groups excluding carboxylic acids is 12. The molecule has 0 spiro atoms. The lowest BCUT2D eigenvalue weighted by atomic mass is 9.78. The van der Waals surface area contributed by atoms with Crippen molar-refractivity contribution in [2.45, 2.75) is 104 Å². The molecule has 7 rings (SSSR count). The van der Waals surface area contributed by atoms with Gasteiger partial charge in [-0.3, -0.25) is 0 Å². The monoisotopic (exact) mass is 1940 g/mol. The van der Waals surface area contributed by atoms with E-state index in [4.69, 9.17) is 75.8 Å². The van der Waals surface area contributed by atoms with Crippen LogP contribution in [0.4, 0.5) is 0 Å². The fraction of sp³-hybridized carbons (Fsp3) is 0.280. The lowest BCUT2D eigenvalue weighted by Gasteiger charge is -2.27. The first-order valence-electron chi connectivity index (χ1n) is 41.8. The Morgan fingerprint density at radius 1 is 0.229 bits per heavy atom. The number of carboxylic acid groups (broad SMARTS) is 6. The third kappa shape index (κ3) is 30.8. The maximum atomic E-state index is 14.4. The van der Waals surface area contributed by atoms with Gasteiger partial charge in [-0.05, 0) is 149 Å². The molecule has 738 valence electrons.